The maximum atomic E-state index is 13.9. The average molecular weight is 559 g/mol. The molecule has 0 spiro atoms. The van der Waals surface area contributed by atoms with Crippen LogP contribution in [-0.2, 0) is 17.8 Å². The second kappa shape index (κ2) is 10.6. The number of carbonyl (C=O) groups is 1. The zero-order chi connectivity index (χ0) is 25.9. The van der Waals surface area contributed by atoms with Crippen LogP contribution in [0.2, 0.25) is 0 Å². The second-order valence-corrected chi connectivity index (χ2v) is 9.97. The van der Waals surface area contributed by atoms with Crippen LogP contribution in [0.15, 0.2) is 65.3 Å². The van der Waals surface area contributed by atoms with Gasteiger partial charge >= 0.3 is 6.09 Å². The molecule has 2 heterocycles. The Bertz CT molecular complexity index is 1350. The summed E-state index contributed by atoms with van der Waals surface area (Å²) in [6, 6.07) is 13.7. The molecule has 1 amide bonds. The van der Waals surface area contributed by atoms with E-state index in [1.54, 1.807) is 33.0 Å². The number of nitrogens with one attached hydrogen (secondary N) is 1. The summed E-state index contributed by atoms with van der Waals surface area (Å²) in [5.41, 5.74) is 1.40. The third-order valence-corrected chi connectivity index (χ3v) is 5.81. The van der Waals surface area contributed by atoms with Crippen molar-refractivity contribution in [3.05, 3.63) is 93.7 Å². The maximum Gasteiger partial charge on any atom is 0.408 e. The molecule has 0 radical (unpaired) electrons. The molecule has 1 atom stereocenters. The summed E-state index contributed by atoms with van der Waals surface area (Å²) in [4.78, 5) is 17.4. The molecule has 0 aliphatic heterocycles. The predicted octanol–water partition coefficient (Wildman–Crippen LogP) is 6.16. The van der Waals surface area contributed by atoms with Crippen LogP contribution < -0.4 is 10.1 Å². The Morgan fingerprint density at radius 2 is 1.78 bits per heavy atom. The lowest BCUT2D eigenvalue weighted by molar-refractivity contribution is 0.0502. The monoisotopic (exact) mass is 558 g/mol. The quantitative estimate of drug-likeness (QED) is 0.294. The van der Waals surface area contributed by atoms with Gasteiger partial charge in [-0.25, -0.2) is 18.6 Å². The molecule has 0 aliphatic carbocycles. The molecular formula is C26H25BrF2N4O3. The van der Waals surface area contributed by atoms with Gasteiger partial charge in [-0.05, 0) is 66.4 Å². The van der Waals surface area contributed by atoms with Gasteiger partial charge in [0.15, 0.2) is 5.65 Å². The highest BCUT2D eigenvalue weighted by molar-refractivity contribution is 9.10. The van der Waals surface area contributed by atoms with Gasteiger partial charge in [0.05, 0.1) is 17.9 Å². The van der Waals surface area contributed by atoms with Crippen LogP contribution >= 0.6 is 15.9 Å². The first kappa shape index (κ1) is 25.6. The van der Waals surface area contributed by atoms with Crippen LogP contribution in [0.1, 0.15) is 43.6 Å². The van der Waals surface area contributed by atoms with Crippen LogP contribution in [0.4, 0.5) is 13.6 Å². The highest BCUT2D eigenvalue weighted by atomic mass is 79.9. The van der Waals surface area contributed by atoms with Gasteiger partial charge in [-0.15, -0.1) is 0 Å². The number of carbonyl (C=O) groups excluding carboxylic acids is 1. The summed E-state index contributed by atoms with van der Waals surface area (Å²) in [5, 5.41) is 7.09. The summed E-state index contributed by atoms with van der Waals surface area (Å²) < 4.78 is 41.4. The molecule has 188 valence electrons. The topological polar surface area (TPSA) is 77.8 Å². The number of hydrogen-bond donors (Lipinski definition) is 1. The molecule has 10 heteroatoms. The SMILES string of the molecule is CC(C)(C)OC(=O)N[C@@H](Cc1cc(F)cc(F)c1)c1nc2ccnn2c(OCc2ccccc2)c1Br. The number of nitrogens with zero attached hydrogens (tertiary/aromatic N) is 3. The number of aromatic nitrogens is 3. The highest BCUT2D eigenvalue weighted by Crippen LogP contribution is 2.34. The third-order valence-electron chi connectivity index (χ3n) is 5.06. The summed E-state index contributed by atoms with van der Waals surface area (Å²) in [7, 11) is 0. The molecule has 0 aliphatic rings. The van der Waals surface area contributed by atoms with E-state index in [1.165, 1.54) is 16.6 Å². The molecule has 4 aromatic rings. The number of hydrogen-bond acceptors (Lipinski definition) is 5. The molecule has 0 bridgehead atoms. The zero-order valence-electron chi connectivity index (χ0n) is 20.0. The summed E-state index contributed by atoms with van der Waals surface area (Å²) in [5.74, 6) is -1.07. The van der Waals surface area contributed by atoms with E-state index in [-0.39, 0.29) is 13.0 Å². The van der Waals surface area contributed by atoms with Crippen molar-refractivity contribution in [1.82, 2.24) is 19.9 Å². The smallest absolute Gasteiger partial charge is 0.408 e. The van der Waals surface area contributed by atoms with E-state index in [0.717, 1.165) is 11.6 Å². The number of fused-ring (bicyclic) bond motifs is 1. The molecule has 36 heavy (non-hydrogen) atoms. The van der Waals surface area contributed by atoms with Gasteiger partial charge in [-0.1, -0.05) is 30.3 Å². The maximum absolute atomic E-state index is 13.9. The molecular weight excluding hydrogens is 534 g/mol. The number of ether oxygens (including phenoxy) is 2. The van der Waals surface area contributed by atoms with Crippen LogP contribution in [0.3, 0.4) is 0 Å². The van der Waals surface area contributed by atoms with Crippen molar-refractivity contribution in [2.24, 2.45) is 0 Å². The van der Waals surface area contributed by atoms with E-state index in [0.29, 0.717) is 27.3 Å². The summed E-state index contributed by atoms with van der Waals surface area (Å²) in [6.07, 6.45) is 0.923. The first-order valence-corrected chi connectivity index (χ1v) is 12.0. The van der Waals surface area contributed by atoms with Gasteiger partial charge in [-0.2, -0.15) is 9.61 Å². The van der Waals surface area contributed by atoms with Gasteiger partial charge in [0.25, 0.3) is 0 Å². The van der Waals surface area contributed by atoms with Gasteiger partial charge in [0.1, 0.15) is 28.3 Å². The van der Waals surface area contributed by atoms with Crippen molar-refractivity contribution in [2.45, 2.75) is 45.4 Å². The predicted molar refractivity (Wildman–Crippen MR) is 134 cm³/mol. The van der Waals surface area contributed by atoms with Gasteiger partial charge in [0.2, 0.25) is 5.88 Å². The van der Waals surface area contributed by atoms with Gasteiger partial charge < -0.3 is 14.8 Å². The van der Waals surface area contributed by atoms with Crippen LogP contribution in [-0.4, -0.2) is 26.3 Å². The Balaban J connectivity index is 1.74. The van der Waals surface area contributed by atoms with E-state index in [9.17, 15) is 13.6 Å². The zero-order valence-corrected chi connectivity index (χ0v) is 21.6. The Morgan fingerprint density at radius 1 is 1.08 bits per heavy atom. The minimum absolute atomic E-state index is 0.0436. The fourth-order valence-corrected chi connectivity index (χ4v) is 4.27. The van der Waals surface area contributed by atoms with Crippen molar-refractivity contribution >= 4 is 27.7 Å². The lowest BCUT2D eigenvalue weighted by Crippen LogP contribution is -2.36. The first-order valence-electron chi connectivity index (χ1n) is 11.2. The summed E-state index contributed by atoms with van der Waals surface area (Å²) in [6.45, 7) is 5.49. The first-order chi connectivity index (χ1) is 17.1. The number of amides is 1. The molecule has 4 rings (SSSR count). The fraction of sp³-hybridized carbons (Fsp3) is 0.269. The minimum atomic E-state index is -0.811. The molecule has 0 fully saturated rings. The molecule has 2 aromatic heterocycles. The lowest BCUT2D eigenvalue weighted by atomic mass is 10.0. The van der Waals surface area contributed by atoms with E-state index in [1.807, 2.05) is 30.3 Å². The molecule has 1 N–H and O–H groups in total. The number of rotatable bonds is 7. The van der Waals surface area contributed by atoms with Crippen molar-refractivity contribution in [2.75, 3.05) is 0 Å². The Labute approximate surface area is 215 Å². The third kappa shape index (κ3) is 6.37. The van der Waals surface area contributed by atoms with E-state index >= 15 is 0 Å². The van der Waals surface area contributed by atoms with E-state index in [2.05, 4.69) is 31.3 Å². The Kier molecular flexibility index (Phi) is 7.53. The Morgan fingerprint density at radius 3 is 2.44 bits per heavy atom. The highest BCUT2D eigenvalue weighted by Gasteiger charge is 2.27. The summed E-state index contributed by atoms with van der Waals surface area (Å²) >= 11 is 3.57. The molecule has 0 saturated carbocycles. The van der Waals surface area contributed by atoms with Crippen LogP contribution in [0, 0.1) is 11.6 Å². The van der Waals surface area contributed by atoms with E-state index < -0.39 is 29.4 Å². The normalized spacial score (nSPS) is 12.4. The van der Waals surface area contributed by atoms with Crippen molar-refractivity contribution in [3.63, 3.8) is 0 Å². The lowest BCUT2D eigenvalue weighted by Gasteiger charge is -2.25. The largest absolute Gasteiger partial charge is 0.472 e. The van der Waals surface area contributed by atoms with E-state index in [4.69, 9.17) is 9.47 Å². The molecule has 7 nitrogen and oxygen atoms in total. The number of alkyl carbamates (subject to hydrolysis) is 1. The molecule has 2 aromatic carbocycles. The average Bonchev–Trinajstić information content (AvgIpc) is 3.25. The Hall–Kier alpha value is -3.53. The second-order valence-electron chi connectivity index (χ2n) is 9.17. The number of benzene rings is 2. The molecule has 0 unspecified atom stereocenters. The van der Waals surface area contributed by atoms with Crippen molar-refractivity contribution in [1.29, 1.82) is 0 Å². The van der Waals surface area contributed by atoms with Crippen molar-refractivity contribution < 1.29 is 23.0 Å². The molecule has 0 saturated heterocycles. The van der Waals surface area contributed by atoms with Crippen molar-refractivity contribution in [3.8, 4) is 5.88 Å². The van der Waals surface area contributed by atoms with Crippen LogP contribution in [0.5, 0.6) is 5.88 Å². The minimum Gasteiger partial charge on any atom is -0.472 e. The van der Waals surface area contributed by atoms with Crippen LogP contribution in [0.25, 0.3) is 5.65 Å². The fourth-order valence-electron chi connectivity index (χ4n) is 3.62. The standard InChI is InChI=1S/C26H25BrF2N4O3/c1-26(2,3)36-25(34)31-20(13-17-11-18(28)14-19(29)12-17)23-22(27)24(33-21(32-23)9-10-30-33)35-15-16-7-5-4-6-8-16/h4-12,14,20H,13,15H2,1-3H3,(H,31,34)/t20-/m0/s1. The van der Waals surface area contributed by atoms with Gasteiger partial charge in [0, 0.05) is 12.1 Å². The number of halogens is 3. The van der Waals surface area contributed by atoms with Gasteiger partial charge in [-0.3, -0.25) is 0 Å².